The van der Waals surface area contributed by atoms with E-state index in [4.69, 9.17) is 4.84 Å². The quantitative estimate of drug-likeness (QED) is 0.217. The molecule has 0 aromatic heterocycles. The highest BCUT2D eigenvalue weighted by Crippen LogP contribution is 2.16. The molecule has 0 aliphatic heterocycles. The number of ketones is 1. The zero-order chi connectivity index (χ0) is 23.3. The number of benzene rings is 3. The van der Waals surface area contributed by atoms with Crippen LogP contribution in [0, 0.1) is 0 Å². The molecule has 3 aromatic rings. The zero-order valence-corrected chi connectivity index (χ0v) is 19.2. The summed E-state index contributed by atoms with van der Waals surface area (Å²) in [7, 11) is 0. The Bertz CT molecular complexity index is 1010. The highest BCUT2D eigenvalue weighted by atomic mass is 16.7. The minimum Gasteiger partial charge on any atom is -0.363 e. The molecule has 0 heterocycles. The predicted octanol–water partition coefficient (Wildman–Crippen LogP) is 5.42. The van der Waals surface area contributed by atoms with Crippen molar-refractivity contribution in [3.05, 3.63) is 107 Å². The lowest BCUT2D eigenvalue weighted by Gasteiger charge is -2.22. The van der Waals surface area contributed by atoms with Crippen LogP contribution in [0.15, 0.2) is 84.9 Å². The molecule has 0 unspecified atom stereocenters. The van der Waals surface area contributed by atoms with Crippen LogP contribution in [-0.4, -0.2) is 29.9 Å². The van der Waals surface area contributed by atoms with Crippen molar-refractivity contribution in [1.82, 2.24) is 10.4 Å². The predicted molar refractivity (Wildman–Crippen MR) is 131 cm³/mol. The minimum atomic E-state index is -0.505. The molecule has 0 aliphatic carbocycles. The van der Waals surface area contributed by atoms with E-state index in [2.05, 4.69) is 17.4 Å². The van der Waals surface area contributed by atoms with Crippen LogP contribution in [0.5, 0.6) is 0 Å². The number of carbonyl (C=O) groups excluding carboxylic acids is 2. The van der Waals surface area contributed by atoms with Gasteiger partial charge in [-0.2, -0.15) is 0 Å². The number of hydrogen-bond acceptors (Lipinski definition) is 5. The minimum absolute atomic E-state index is 0.0245. The van der Waals surface area contributed by atoms with Crippen LogP contribution in [-0.2, 0) is 17.9 Å². The Kier molecular flexibility index (Phi) is 9.83. The largest absolute Gasteiger partial charge is 0.363 e. The highest BCUT2D eigenvalue weighted by Gasteiger charge is 2.20. The summed E-state index contributed by atoms with van der Waals surface area (Å²) in [6.45, 7) is 4.40. The van der Waals surface area contributed by atoms with E-state index in [1.165, 1.54) is 5.56 Å². The van der Waals surface area contributed by atoms with Gasteiger partial charge >= 0.3 is 5.97 Å². The van der Waals surface area contributed by atoms with Crippen molar-refractivity contribution in [3.8, 4) is 0 Å². The summed E-state index contributed by atoms with van der Waals surface area (Å²) in [5.41, 5.74) is 2.98. The van der Waals surface area contributed by atoms with Gasteiger partial charge in [0.25, 0.3) is 0 Å². The summed E-state index contributed by atoms with van der Waals surface area (Å²) in [6.07, 6.45) is 2.16. The summed E-state index contributed by atoms with van der Waals surface area (Å²) in [5, 5.41) is 5.05. The molecule has 1 N–H and O–H groups in total. The molecular formula is C28H32N2O3. The van der Waals surface area contributed by atoms with E-state index in [0.29, 0.717) is 37.2 Å². The fourth-order valence-electron chi connectivity index (χ4n) is 3.52. The van der Waals surface area contributed by atoms with Crippen molar-refractivity contribution in [2.75, 3.05) is 13.1 Å². The Morgan fingerprint density at radius 3 is 2.09 bits per heavy atom. The van der Waals surface area contributed by atoms with Gasteiger partial charge < -0.3 is 10.2 Å². The molecule has 0 spiro atoms. The maximum atomic E-state index is 13.1. The molecule has 0 bridgehead atoms. The van der Waals surface area contributed by atoms with E-state index in [1.807, 2.05) is 55.5 Å². The molecule has 0 amide bonds. The number of rotatable bonds is 13. The van der Waals surface area contributed by atoms with Crippen molar-refractivity contribution >= 4 is 11.8 Å². The molecule has 33 heavy (non-hydrogen) atoms. The molecule has 5 nitrogen and oxygen atoms in total. The molecule has 0 fully saturated rings. The van der Waals surface area contributed by atoms with Crippen LogP contribution in [0.4, 0.5) is 0 Å². The smallest absolute Gasteiger partial charge is 0.357 e. The zero-order valence-electron chi connectivity index (χ0n) is 19.2. The Morgan fingerprint density at radius 2 is 1.42 bits per heavy atom. The first kappa shape index (κ1) is 24.4. The molecular weight excluding hydrogens is 412 g/mol. The van der Waals surface area contributed by atoms with Crippen molar-refractivity contribution in [1.29, 1.82) is 0 Å². The summed E-state index contributed by atoms with van der Waals surface area (Å²) >= 11 is 0. The van der Waals surface area contributed by atoms with Crippen molar-refractivity contribution in [2.45, 2.75) is 39.3 Å². The third kappa shape index (κ3) is 7.97. The average Bonchev–Trinajstić information content (AvgIpc) is 2.86. The number of nitrogens with one attached hydrogen (secondary N) is 1. The van der Waals surface area contributed by atoms with E-state index >= 15 is 0 Å². The van der Waals surface area contributed by atoms with Crippen molar-refractivity contribution < 1.29 is 14.4 Å². The topological polar surface area (TPSA) is 58.6 Å². The van der Waals surface area contributed by atoms with Crippen LogP contribution in [0.2, 0.25) is 0 Å². The third-order valence-corrected chi connectivity index (χ3v) is 5.33. The van der Waals surface area contributed by atoms with Gasteiger partial charge in [0.2, 0.25) is 0 Å². The van der Waals surface area contributed by atoms with Gasteiger partial charge in [0.15, 0.2) is 5.78 Å². The van der Waals surface area contributed by atoms with E-state index in [9.17, 15) is 9.59 Å². The summed E-state index contributed by atoms with van der Waals surface area (Å²) < 4.78 is 0. The second kappa shape index (κ2) is 13.3. The van der Waals surface area contributed by atoms with E-state index in [-0.39, 0.29) is 5.78 Å². The maximum absolute atomic E-state index is 13.1. The molecule has 172 valence electrons. The van der Waals surface area contributed by atoms with Crippen molar-refractivity contribution in [2.24, 2.45) is 0 Å². The van der Waals surface area contributed by atoms with Gasteiger partial charge in [-0.25, -0.2) is 4.79 Å². The number of nitrogens with zero attached hydrogens (tertiary/aromatic N) is 1. The lowest BCUT2D eigenvalue weighted by molar-refractivity contribution is -0.115. The first-order chi connectivity index (χ1) is 16.2. The van der Waals surface area contributed by atoms with E-state index < -0.39 is 5.97 Å². The number of hydrogen-bond donors (Lipinski definition) is 1. The van der Waals surface area contributed by atoms with Crippen LogP contribution in [0.1, 0.15) is 58.0 Å². The molecule has 0 atom stereocenters. The molecule has 0 radical (unpaired) electrons. The van der Waals surface area contributed by atoms with Crippen LogP contribution >= 0.6 is 0 Å². The standard InChI is InChI=1S/C28H32N2O3/c1-2-3-18-27(31)25-16-10-11-17-26(25)28(32)33-30(22-24-14-8-5-9-15-24)20-19-29-21-23-12-6-4-7-13-23/h4-17,29H,2-3,18-22H2,1H3. The van der Waals surface area contributed by atoms with Gasteiger partial charge in [-0.1, -0.05) is 92.2 Å². The summed E-state index contributed by atoms with van der Waals surface area (Å²) in [5.74, 6) is -0.530. The summed E-state index contributed by atoms with van der Waals surface area (Å²) in [6, 6.07) is 27.0. The Balaban J connectivity index is 1.66. The second-order valence-electron chi connectivity index (χ2n) is 7.96. The molecule has 3 rings (SSSR count). The third-order valence-electron chi connectivity index (χ3n) is 5.33. The maximum Gasteiger partial charge on any atom is 0.357 e. The fourth-order valence-corrected chi connectivity index (χ4v) is 3.52. The first-order valence-electron chi connectivity index (χ1n) is 11.6. The number of Topliss-reactive ketones (excluding diaryl/α,β-unsaturated/α-hetero) is 1. The number of carbonyl (C=O) groups is 2. The SMILES string of the molecule is CCCCC(=O)c1ccccc1C(=O)ON(CCNCc1ccccc1)Cc1ccccc1. The molecule has 0 saturated carbocycles. The lowest BCUT2D eigenvalue weighted by Crippen LogP contribution is -2.34. The van der Waals surface area contributed by atoms with E-state index in [0.717, 1.165) is 24.9 Å². The van der Waals surface area contributed by atoms with Crippen LogP contribution in [0.3, 0.4) is 0 Å². The lowest BCUT2D eigenvalue weighted by atomic mass is 10.0. The Labute approximate surface area is 196 Å². The van der Waals surface area contributed by atoms with Gasteiger partial charge in [-0.3, -0.25) is 4.79 Å². The second-order valence-corrected chi connectivity index (χ2v) is 7.96. The van der Waals surface area contributed by atoms with Gasteiger partial charge in [-0.05, 0) is 23.6 Å². The Morgan fingerprint density at radius 1 is 0.818 bits per heavy atom. The fraction of sp³-hybridized carbons (Fsp3) is 0.286. The van der Waals surface area contributed by atoms with E-state index in [1.54, 1.807) is 29.3 Å². The molecule has 0 saturated heterocycles. The Hall–Kier alpha value is -3.28. The highest BCUT2D eigenvalue weighted by molar-refractivity contribution is 6.06. The molecule has 5 heteroatoms. The van der Waals surface area contributed by atoms with Gasteiger partial charge in [-0.15, -0.1) is 5.06 Å². The first-order valence-corrected chi connectivity index (χ1v) is 11.6. The molecule has 0 aliphatic rings. The summed E-state index contributed by atoms with van der Waals surface area (Å²) in [4.78, 5) is 31.5. The normalized spacial score (nSPS) is 10.8. The monoisotopic (exact) mass is 444 g/mol. The van der Waals surface area contributed by atoms with Gasteiger partial charge in [0.05, 0.1) is 12.1 Å². The average molecular weight is 445 g/mol. The van der Waals surface area contributed by atoms with Crippen LogP contribution < -0.4 is 5.32 Å². The molecule has 3 aromatic carbocycles. The van der Waals surface area contributed by atoms with Gasteiger partial charge in [0.1, 0.15) is 0 Å². The van der Waals surface area contributed by atoms with Crippen LogP contribution in [0.25, 0.3) is 0 Å². The number of hydroxylamine groups is 2. The van der Waals surface area contributed by atoms with Crippen molar-refractivity contribution in [3.63, 3.8) is 0 Å². The number of unbranched alkanes of at least 4 members (excludes halogenated alkanes) is 1. The van der Waals surface area contributed by atoms with Gasteiger partial charge in [0, 0.05) is 31.6 Å².